The topological polar surface area (TPSA) is 70.2 Å². The second-order valence-corrected chi connectivity index (χ2v) is 6.26. The summed E-state index contributed by atoms with van der Waals surface area (Å²) in [6, 6.07) is 2.05. The quantitative estimate of drug-likeness (QED) is 0.752. The standard InChI is InChI=1S/C16H27N5O/c1-12-11-14(15(22)19-13-7-4-5-8-13)20-16(18-12)17-9-6-10-21(2)3/h11,13H,4-10H2,1-3H3,(H,19,22)(H,17,18,20). The zero-order valence-electron chi connectivity index (χ0n) is 13.9. The maximum atomic E-state index is 12.3. The highest BCUT2D eigenvalue weighted by Crippen LogP contribution is 2.18. The van der Waals surface area contributed by atoms with Gasteiger partial charge in [0.1, 0.15) is 5.69 Å². The average molecular weight is 305 g/mol. The summed E-state index contributed by atoms with van der Waals surface area (Å²) in [5.74, 6) is 0.448. The molecule has 0 spiro atoms. The van der Waals surface area contributed by atoms with Crippen LogP contribution in [0.15, 0.2) is 6.07 Å². The molecular formula is C16H27N5O. The van der Waals surface area contributed by atoms with E-state index in [1.807, 2.05) is 6.92 Å². The Morgan fingerprint density at radius 3 is 2.73 bits per heavy atom. The molecule has 1 fully saturated rings. The van der Waals surface area contributed by atoms with E-state index < -0.39 is 0 Å². The number of hydrogen-bond donors (Lipinski definition) is 2. The largest absolute Gasteiger partial charge is 0.354 e. The lowest BCUT2D eigenvalue weighted by Gasteiger charge is -2.13. The zero-order chi connectivity index (χ0) is 15.9. The highest BCUT2D eigenvalue weighted by Gasteiger charge is 2.19. The number of hydrogen-bond acceptors (Lipinski definition) is 5. The number of carbonyl (C=O) groups excluding carboxylic acids is 1. The third-order valence-corrected chi connectivity index (χ3v) is 3.84. The fourth-order valence-electron chi connectivity index (χ4n) is 2.69. The highest BCUT2D eigenvalue weighted by atomic mass is 16.1. The minimum Gasteiger partial charge on any atom is -0.354 e. The second kappa shape index (κ2) is 8.08. The Labute approximate surface area is 132 Å². The molecule has 0 atom stereocenters. The van der Waals surface area contributed by atoms with E-state index in [0.717, 1.165) is 38.0 Å². The number of amides is 1. The van der Waals surface area contributed by atoms with Crippen molar-refractivity contribution in [2.75, 3.05) is 32.5 Å². The number of rotatable bonds is 7. The summed E-state index contributed by atoms with van der Waals surface area (Å²) in [7, 11) is 4.10. The summed E-state index contributed by atoms with van der Waals surface area (Å²) in [6.07, 6.45) is 5.56. The lowest BCUT2D eigenvalue weighted by Crippen LogP contribution is -2.33. The fraction of sp³-hybridized carbons (Fsp3) is 0.688. The third kappa shape index (κ3) is 5.26. The average Bonchev–Trinajstić information content (AvgIpc) is 2.95. The molecule has 2 rings (SSSR count). The van der Waals surface area contributed by atoms with Crippen LogP contribution in [0, 0.1) is 6.92 Å². The number of aryl methyl sites for hydroxylation is 1. The molecule has 2 N–H and O–H groups in total. The van der Waals surface area contributed by atoms with Crippen LogP contribution >= 0.6 is 0 Å². The highest BCUT2D eigenvalue weighted by molar-refractivity contribution is 5.92. The molecule has 0 bridgehead atoms. The summed E-state index contributed by atoms with van der Waals surface area (Å²) in [5.41, 5.74) is 1.26. The summed E-state index contributed by atoms with van der Waals surface area (Å²) in [4.78, 5) is 23.1. The first-order valence-corrected chi connectivity index (χ1v) is 8.10. The molecule has 0 aliphatic heterocycles. The summed E-state index contributed by atoms with van der Waals surface area (Å²) in [6.45, 7) is 3.69. The lowest BCUT2D eigenvalue weighted by molar-refractivity contribution is 0.0932. The van der Waals surface area contributed by atoms with Crippen molar-refractivity contribution < 1.29 is 4.79 Å². The number of aromatic nitrogens is 2. The Hall–Kier alpha value is -1.69. The molecule has 0 unspecified atom stereocenters. The maximum Gasteiger partial charge on any atom is 0.270 e. The van der Waals surface area contributed by atoms with Crippen molar-refractivity contribution in [3.63, 3.8) is 0 Å². The van der Waals surface area contributed by atoms with Gasteiger partial charge in [0.25, 0.3) is 5.91 Å². The van der Waals surface area contributed by atoms with Crippen LogP contribution in [0.3, 0.4) is 0 Å². The molecule has 1 saturated carbocycles. The van der Waals surface area contributed by atoms with Gasteiger partial charge in [0.05, 0.1) is 0 Å². The van der Waals surface area contributed by atoms with Gasteiger partial charge < -0.3 is 15.5 Å². The van der Waals surface area contributed by atoms with E-state index in [-0.39, 0.29) is 5.91 Å². The maximum absolute atomic E-state index is 12.3. The van der Waals surface area contributed by atoms with Crippen molar-refractivity contribution in [1.82, 2.24) is 20.2 Å². The fourth-order valence-corrected chi connectivity index (χ4v) is 2.69. The molecular weight excluding hydrogens is 278 g/mol. The number of nitrogens with zero attached hydrogens (tertiary/aromatic N) is 3. The van der Waals surface area contributed by atoms with Crippen molar-refractivity contribution in [2.24, 2.45) is 0 Å². The number of anilines is 1. The van der Waals surface area contributed by atoms with E-state index in [1.165, 1.54) is 12.8 Å². The summed E-state index contributed by atoms with van der Waals surface area (Å²) < 4.78 is 0. The van der Waals surface area contributed by atoms with Crippen LogP contribution in [0.2, 0.25) is 0 Å². The Bertz CT molecular complexity index is 497. The molecule has 1 aromatic rings. The van der Waals surface area contributed by atoms with Crippen LogP contribution in [0.4, 0.5) is 5.95 Å². The molecule has 1 aromatic heterocycles. The number of nitrogens with one attached hydrogen (secondary N) is 2. The second-order valence-electron chi connectivity index (χ2n) is 6.26. The predicted molar refractivity (Wildman–Crippen MR) is 88.2 cm³/mol. The van der Waals surface area contributed by atoms with Crippen molar-refractivity contribution in [1.29, 1.82) is 0 Å². The van der Waals surface area contributed by atoms with E-state index in [2.05, 4.69) is 39.6 Å². The van der Waals surface area contributed by atoms with Crippen molar-refractivity contribution in [3.05, 3.63) is 17.5 Å². The molecule has 1 amide bonds. The summed E-state index contributed by atoms with van der Waals surface area (Å²) in [5, 5.41) is 6.27. The normalized spacial score (nSPS) is 15.3. The molecule has 122 valence electrons. The molecule has 0 radical (unpaired) electrons. The van der Waals surface area contributed by atoms with Crippen LogP contribution in [0.1, 0.15) is 48.3 Å². The minimum atomic E-state index is -0.0891. The molecule has 1 aliphatic carbocycles. The Balaban J connectivity index is 1.92. The molecule has 6 heteroatoms. The SMILES string of the molecule is Cc1cc(C(=O)NC2CCCC2)nc(NCCCN(C)C)n1. The molecule has 1 aliphatic rings. The smallest absolute Gasteiger partial charge is 0.270 e. The van der Waals surface area contributed by atoms with Gasteiger partial charge in [-0.1, -0.05) is 12.8 Å². The Morgan fingerprint density at radius 2 is 2.05 bits per heavy atom. The van der Waals surface area contributed by atoms with Crippen molar-refractivity contribution >= 4 is 11.9 Å². The van der Waals surface area contributed by atoms with Gasteiger partial charge in [-0.05, 0) is 52.9 Å². The lowest BCUT2D eigenvalue weighted by atomic mass is 10.2. The predicted octanol–water partition coefficient (Wildman–Crippen LogP) is 1.82. The van der Waals surface area contributed by atoms with Gasteiger partial charge in [-0.2, -0.15) is 0 Å². The van der Waals surface area contributed by atoms with Crippen molar-refractivity contribution in [2.45, 2.75) is 45.1 Å². The Morgan fingerprint density at radius 1 is 1.32 bits per heavy atom. The van der Waals surface area contributed by atoms with Gasteiger partial charge in [-0.3, -0.25) is 4.79 Å². The molecule has 0 aromatic carbocycles. The first-order chi connectivity index (χ1) is 10.5. The summed E-state index contributed by atoms with van der Waals surface area (Å²) >= 11 is 0. The molecule has 22 heavy (non-hydrogen) atoms. The van der Waals surface area contributed by atoms with Crippen LogP contribution in [-0.2, 0) is 0 Å². The monoisotopic (exact) mass is 305 g/mol. The molecule has 1 heterocycles. The van der Waals surface area contributed by atoms with Gasteiger partial charge in [-0.25, -0.2) is 9.97 Å². The van der Waals surface area contributed by atoms with E-state index >= 15 is 0 Å². The van der Waals surface area contributed by atoms with Crippen LogP contribution in [0.25, 0.3) is 0 Å². The van der Waals surface area contributed by atoms with Crippen LogP contribution < -0.4 is 10.6 Å². The van der Waals surface area contributed by atoms with Crippen molar-refractivity contribution in [3.8, 4) is 0 Å². The molecule has 6 nitrogen and oxygen atoms in total. The van der Waals surface area contributed by atoms with E-state index in [4.69, 9.17) is 0 Å². The minimum absolute atomic E-state index is 0.0891. The molecule has 0 saturated heterocycles. The van der Waals surface area contributed by atoms with Gasteiger partial charge >= 0.3 is 0 Å². The van der Waals surface area contributed by atoms with E-state index in [1.54, 1.807) is 6.07 Å². The van der Waals surface area contributed by atoms with Gasteiger partial charge in [0.15, 0.2) is 0 Å². The third-order valence-electron chi connectivity index (χ3n) is 3.84. The first kappa shape index (κ1) is 16.7. The number of carbonyl (C=O) groups is 1. The first-order valence-electron chi connectivity index (χ1n) is 8.10. The van der Waals surface area contributed by atoms with Gasteiger partial charge in [0.2, 0.25) is 5.95 Å². The van der Waals surface area contributed by atoms with E-state index in [0.29, 0.717) is 17.7 Å². The van der Waals surface area contributed by atoms with Gasteiger partial charge in [0, 0.05) is 18.3 Å². The van der Waals surface area contributed by atoms with E-state index in [9.17, 15) is 4.79 Å². The Kier molecular flexibility index (Phi) is 6.12. The van der Waals surface area contributed by atoms with Gasteiger partial charge in [-0.15, -0.1) is 0 Å². The zero-order valence-corrected chi connectivity index (χ0v) is 13.9. The van der Waals surface area contributed by atoms with Crippen LogP contribution in [-0.4, -0.2) is 54.0 Å². The van der Waals surface area contributed by atoms with Crippen LogP contribution in [0.5, 0.6) is 0 Å².